The molecule has 0 saturated carbocycles. The summed E-state index contributed by atoms with van der Waals surface area (Å²) in [6, 6.07) is 4.69. The van der Waals surface area contributed by atoms with Gasteiger partial charge in [-0.3, -0.25) is 0 Å². The summed E-state index contributed by atoms with van der Waals surface area (Å²) in [5.41, 5.74) is 6.41. The van der Waals surface area contributed by atoms with Crippen molar-refractivity contribution in [3.63, 3.8) is 0 Å². The van der Waals surface area contributed by atoms with E-state index in [1.165, 1.54) is 6.07 Å². The highest BCUT2D eigenvalue weighted by Gasteiger charge is 2.09. The number of ether oxygens (including phenoxy) is 1. The molecule has 0 radical (unpaired) electrons. The molecular formula is C12H9F2N3OS. The van der Waals surface area contributed by atoms with Crippen LogP contribution in [0.1, 0.15) is 11.4 Å². The molecular weight excluding hydrogens is 272 g/mol. The summed E-state index contributed by atoms with van der Waals surface area (Å²) in [5, 5.41) is 0. The zero-order chi connectivity index (χ0) is 14.0. The standard InChI is InChI=1S/C12H9F2N3OS/c1-6-4-10(11(15)19)17-12(16-6)18-7-2-3-8(13)9(14)5-7/h2-5H,1H3,(H2,15,19). The second kappa shape index (κ2) is 5.23. The Morgan fingerprint density at radius 1 is 1.21 bits per heavy atom. The lowest BCUT2D eigenvalue weighted by Gasteiger charge is -2.06. The van der Waals surface area contributed by atoms with Crippen molar-refractivity contribution in [3.8, 4) is 11.8 Å². The Hall–Kier alpha value is -2.15. The highest BCUT2D eigenvalue weighted by Crippen LogP contribution is 2.20. The molecule has 7 heteroatoms. The van der Waals surface area contributed by atoms with Gasteiger partial charge in [-0.2, -0.15) is 4.98 Å². The number of hydrogen-bond donors (Lipinski definition) is 1. The minimum atomic E-state index is -1.01. The zero-order valence-corrected chi connectivity index (χ0v) is 10.7. The molecule has 0 spiro atoms. The molecule has 0 aliphatic heterocycles. The van der Waals surface area contributed by atoms with Gasteiger partial charge in [0.1, 0.15) is 16.4 Å². The van der Waals surface area contributed by atoms with Gasteiger partial charge in [0.2, 0.25) is 0 Å². The number of rotatable bonds is 3. The van der Waals surface area contributed by atoms with E-state index in [1.807, 2.05) is 0 Å². The quantitative estimate of drug-likeness (QED) is 0.876. The largest absolute Gasteiger partial charge is 0.424 e. The molecule has 2 rings (SSSR count). The van der Waals surface area contributed by atoms with Gasteiger partial charge in [0.25, 0.3) is 0 Å². The topological polar surface area (TPSA) is 61.0 Å². The van der Waals surface area contributed by atoms with Crippen LogP contribution in [0, 0.1) is 18.6 Å². The van der Waals surface area contributed by atoms with E-state index in [1.54, 1.807) is 13.0 Å². The average molecular weight is 281 g/mol. The van der Waals surface area contributed by atoms with E-state index in [2.05, 4.69) is 9.97 Å². The molecule has 0 fully saturated rings. The molecule has 98 valence electrons. The summed E-state index contributed by atoms with van der Waals surface area (Å²) >= 11 is 4.81. The van der Waals surface area contributed by atoms with Crippen molar-refractivity contribution >= 4 is 17.2 Å². The number of aryl methyl sites for hydroxylation is 1. The van der Waals surface area contributed by atoms with Crippen LogP contribution in [0.25, 0.3) is 0 Å². The number of nitrogens with zero attached hydrogens (tertiary/aromatic N) is 2. The van der Waals surface area contributed by atoms with Crippen molar-refractivity contribution in [1.29, 1.82) is 0 Å². The van der Waals surface area contributed by atoms with E-state index in [9.17, 15) is 8.78 Å². The first-order valence-electron chi connectivity index (χ1n) is 5.24. The highest BCUT2D eigenvalue weighted by atomic mass is 32.1. The first-order chi connectivity index (χ1) is 8.95. The molecule has 0 atom stereocenters. The van der Waals surface area contributed by atoms with Crippen LogP contribution in [-0.4, -0.2) is 15.0 Å². The monoisotopic (exact) mass is 281 g/mol. The number of nitrogens with two attached hydrogens (primary N) is 1. The van der Waals surface area contributed by atoms with Gasteiger partial charge in [-0.15, -0.1) is 0 Å². The number of aromatic nitrogens is 2. The van der Waals surface area contributed by atoms with E-state index in [0.717, 1.165) is 12.1 Å². The normalized spacial score (nSPS) is 10.3. The van der Waals surface area contributed by atoms with Gasteiger partial charge in [-0.1, -0.05) is 12.2 Å². The van der Waals surface area contributed by atoms with Gasteiger partial charge in [0.05, 0.1) is 0 Å². The molecule has 1 heterocycles. The van der Waals surface area contributed by atoms with E-state index >= 15 is 0 Å². The predicted octanol–water partition coefficient (Wildman–Crippen LogP) is 2.49. The Morgan fingerprint density at radius 2 is 1.95 bits per heavy atom. The Balaban J connectivity index is 2.32. The maximum absolute atomic E-state index is 13.0. The van der Waals surface area contributed by atoms with Crippen molar-refractivity contribution in [3.05, 3.63) is 47.3 Å². The maximum Gasteiger partial charge on any atom is 0.322 e. The summed E-state index contributed by atoms with van der Waals surface area (Å²) < 4.78 is 31.1. The summed E-state index contributed by atoms with van der Waals surface area (Å²) in [6.07, 6.45) is 0. The Kier molecular flexibility index (Phi) is 3.66. The molecule has 0 aliphatic rings. The third-order valence-electron chi connectivity index (χ3n) is 2.19. The maximum atomic E-state index is 13.0. The van der Waals surface area contributed by atoms with Gasteiger partial charge in [0.15, 0.2) is 11.6 Å². The predicted molar refractivity (Wildman–Crippen MR) is 69.1 cm³/mol. The molecule has 2 N–H and O–H groups in total. The van der Waals surface area contributed by atoms with E-state index in [4.69, 9.17) is 22.7 Å². The number of thiocarbonyl (C=S) groups is 1. The van der Waals surface area contributed by atoms with Gasteiger partial charge in [-0.05, 0) is 25.1 Å². The molecule has 0 unspecified atom stereocenters. The van der Waals surface area contributed by atoms with Crippen molar-refractivity contribution in [2.45, 2.75) is 6.92 Å². The fourth-order valence-electron chi connectivity index (χ4n) is 1.36. The average Bonchev–Trinajstić information content (AvgIpc) is 2.33. The molecule has 0 saturated heterocycles. The van der Waals surface area contributed by atoms with Crippen LogP contribution >= 0.6 is 12.2 Å². The van der Waals surface area contributed by atoms with Crippen LogP contribution in [0.4, 0.5) is 8.78 Å². The lowest BCUT2D eigenvalue weighted by molar-refractivity contribution is 0.429. The molecule has 4 nitrogen and oxygen atoms in total. The van der Waals surface area contributed by atoms with Gasteiger partial charge in [-0.25, -0.2) is 13.8 Å². The molecule has 1 aromatic carbocycles. The third kappa shape index (κ3) is 3.19. The van der Waals surface area contributed by atoms with E-state index in [-0.39, 0.29) is 16.7 Å². The number of halogens is 2. The summed E-state index contributed by atoms with van der Waals surface area (Å²) in [7, 11) is 0. The fourth-order valence-corrected chi connectivity index (χ4v) is 1.46. The molecule has 1 aromatic heterocycles. The van der Waals surface area contributed by atoms with Crippen LogP contribution in [0.3, 0.4) is 0 Å². The molecule has 2 aromatic rings. The lowest BCUT2D eigenvalue weighted by atomic mass is 10.3. The summed E-state index contributed by atoms with van der Waals surface area (Å²) in [6.45, 7) is 1.71. The van der Waals surface area contributed by atoms with Crippen molar-refractivity contribution in [1.82, 2.24) is 9.97 Å². The number of benzene rings is 1. The van der Waals surface area contributed by atoms with Crippen LogP contribution in [0.15, 0.2) is 24.3 Å². The molecule has 0 aliphatic carbocycles. The highest BCUT2D eigenvalue weighted by molar-refractivity contribution is 7.80. The summed E-state index contributed by atoms with van der Waals surface area (Å²) in [4.78, 5) is 8.06. The minimum absolute atomic E-state index is 0.0335. The lowest BCUT2D eigenvalue weighted by Crippen LogP contribution is -2.13. The van der Waals surface area contributed by atoms with E-state index < -0.39 is 11.6 Å². The SMILES string of the molecule is Cc1cc(C(N)=S)nc(Oc2ccc(F)c(F)c2)n1. The minimum Gasteiger partial charge on any atom is -0.424 e. The second-order valence-electron chi connectivity index (χ2n) is 3.72. The smallest absolute Gasteiger partial charge is 0.322 e. The Labute approximate surface area is 113 Å². The molecule has 0 bridgehead atoms. The van der Waals surface area contributed by atoms with Gasteiger partial charge in [0, 0.05) is 11.8 Å². The fraction of sp³-hybridized carbons (Fsp3) is 0.0833. The van der Waals surface area contributed by atoms with Crippen LogP contribution in [0.5, 0.6) is 11.8 Å². The van der Waals surface area contributed by atoms with Crippen LogP contribution in [0.2, 0.25) is 0 Å². The van der Waals surface area contributed by atoms with Gasteiger partial charge < -0.3 is 10.5 Å². The first-order valence-corrected chi connectivity index (χ1v) is 5.65. The number of hydrogen-bond acceptors (Lipinski definition) is 4. The molecule has 0 amide bonds. The van der Waals surface area contributed by atoms with Crippen molar-refractivity contribution in [2.24, 2.45) is 5.73 Å². The summed E-state index contributed by atoms with van der Waals surface area (Å²) in [5.74, 6) is -1.89. The van der Waals surface area contributed by atoms with Crippen LogP contribution in [-0.2, 0) is 0 Å². The zero-order valence-electron chi connectivity index (χ0n) is 9.85. The Bertz CT molecular complexity index is 649. The van der Waals surface area contributed by atoms with Crippen molar-refractivity contribution in [2.75, 3.05) is 0 Å². The Morgan fingerprint density at radius 3 is 2.58 bits per heavy atom. The van der Waals surface area contributed by atoms with E-state index in [0.29, 0.717) is 11.4 Å². The first kappa shape index (κ1) is 13.3. The van der Waals surface area contributed by atoms with Crippen molar-refractivity contribution < 1.29 is 13.5 Å². The molecule has 19 heavy (non-hydrogen) atoms. The second-order valence-corrected chi connectivity index (χ2v) is 4.16. The van der Waals surface area contributed by atoms with Gasteiger partial charge >= 0.3 is 6.01 Å². The van der Waals surface area contributed by atoms with Crippen LogP contribution < -0.4 is 10.5 Å². The third-order valence-corrected chi connectivity index (χ3v) is 2.40.